The summed E-state index contributed by atoms with van der Waals surface area (Å²) in [5, 5.41) is 6.91. The fourth-order valence-corrected chi connectivity index (χ4v) is 5.17. The first-order valence-corrected chi connectivity index (χ1v) is 12.5. The number of benzene rings is 1. The lowest BCUT2D eigenvalue weighted by Crippen LogP contribution is -2.30. The lowest BCUT2D eigenvalue weighted by molar-refractivity contribution is -0.119. The van der Waals surface area contributed by atoms with Gasteiger partial charge in [0.25, 0.3) is 0 Å². The number of pyridine rings is 2. The SMILES string of the molecule is COCC(=O)Nc1cc(N2C(=S)N[C@@H](c3ccccn3)[C@H]2c2ccc(C)n2-c2cccnc2)ccc1OC. The van der Waals surface area contributed by atoms with Crippen molar-refractivity contribution >= 4 is 34.6 Å². The Hall–Kier alpha value is -4.28. The second kappa shape index (κ2) is 11.0. The maximum atomic E-state index is 12.3. The zero-order valence-corrected chi connectivity index (χ0v) is 22.1. The molecule has 0 saturated carbocycles. The molecule has 4 aromatic rings. The molecular weight excluding hydrogens is 500 g/mol. The molecule has 1 aliphatic rings. The summed E-state index contributed by atoms with van der Waals surface area (Å²) in [5.74, 6) is 0.248. The highest BCUT2D eigenvalue weighted by atomic mass is 32.1. The Morgan fingerprint density at radius 2 is 1.95 bits per heavy atom. The summed E-state index contributed by atoms with van der Waals surface area (Å²) in [6.45, 7) is 1.99. The second-order valence-corrected chi connectivity index (χ2v) is 9.20. The molecule has 1 fully saturated rings. The normalized spacial score (nSPS) is 16.8. The van der Waals surface area contributed by atoms with Crippen LogP contribution in [0.3, 0.4) is 0 Å². The molecule has 5 rings (SSSR count). The van der Waals surface area contributed by atoms with Crippen LogP contribution in [-0.4, -0.2) is 46.4 Å². The van der Waals surface area contributed by atoms with Crippen LogP contribution in [0.5, 0.6) is 5.75 Å². The van der Waals surface area contributed by atoms with Crippen molar-refractivity contribution in [2.24, 2.45) is 0 Å². The first-order valence-electron chi connectivity index (χ1n) is 12.1. The Bertz CT molecular complexity index is 1440. The van der Waals surface area contributed by atoms with Gasteiger partial charge in [-0.05, 0) is 73.7 Å². The topological polar surface area (TPSA) is 93.5 Å². The van der Waals surface area contributed by atoms with E-state index in [2.05, 4.69) is 49.1 Å². The molecule has 1 aromatic carbocycles. The fourth-order valence-electron chi connectivity index (χ4n) is 4.82. The third kappa shape index (κ3) is 4.83. The molecule has 4 heterocycles. The third-order valence-electron chi connectivity index (χ3n) is 6.42. The molecule has 1 aliphatic heterocycles. The molecule has 0 aliphatic carbocycles. The molecule has 9 nitrogen and oxygen atoms in total. The minimum atomic E-state index is -0.283. The molecule has 38 heavy (non-hydrogen) atoms. The summed E-state index contributed by atoms with van der Waals surface area (Å²) in [6, 6.07) is 19.1. The van der Waals surface area contributed by atoms with Gasteiger partial charge in [-0.1, -0.05) is 6.07 Å². The number of hydrogen-bond donors (Lipinski definition) is 2. The van der Waals surface area contributed by atoms with Crippen molar-refractivity contribution in [3.8, 4) is 11.4 Å². The Morgan fingerprint density at radius 1 is 1.08 bits per heavy atom. The van der Waals surface area contributed by atoms with Crippen LogP contribution < -0.4 is 20.3 Å². The van der Waals surface area contributed by atoms with Gasteiger partial charge in [-0.3, -0.25) is 14.8 Å². The van der Waals surface area contributed by atoms with Gasteiger partial charge in [0.2, 0.25) is 5.91 Å². The van der Waals surface area contributed by atoms with Crippen molar-refractivity contribution in [2.75, 3.05) is 31.0 Å². The maximum Gasteiger partial charge on any atom is 0.250 e. The van der Waals surface area contributed by atoms with E-state index in [1.54, 1.807) is 19.5 Å². The van der Waals surface area contributed by atoms with Crippen molar-refractivity contribution in [3.05, 3.63) is 96.3 Å². The van der Waals surface area contributed by atoms with E-state index in [0.29, 0.717) is 16.5 Å². The predicted molar refractivity (Wildman–Crippen MR) is 150 cm³/mol. The highest BCUT2D eigenvalue weighted by Crippen LogP contribution is 2.44. The Balaban J connectivity index is 1.65. The lowest BCUT2D eigenvalue weighted by Gasteiger charge is -2.30. The molecule has 1 saturated heterocycles. The van der Waals surface area contributed by atoms with Gasteiger partial charge in [0.15, 0.2) is 5.11 Å². The smallest absolute Gasteiger partial charge is 0.250 e. The lowest BCUT2D eigenvalue weighted by atomic mass is 10.0. The van der Waals surface area contributed by atoms with E-state index in [1.165, 1.54) is 7.11 Å². The summed E-state index contributed by atoms with van der Waals surface area (Å²) in [6.07, 6.45) is 5.38. The van der Waals surface area contributed by atoms with Crippen molar-refractivity contribution in [1.82, 2.24) is 19.9 Å². The molecule has 2 atom stereocenters. The predicted octanol–water partition coefficient (Wildman–Crippen LogP) is 4.35. The third-order valence-corrected chi connectivity index (χ3v) is 6.74. The number of thiocarbonyl (C=S) groups is 1. The summed E-state index contributed by atoms with van der Waals surface area (Å²) in [4.78, 5) is 23.4. The molecule has 3 aromatic heterocycles. The molecule has 0 radical (unpaired) electrons. The van der Waals surface area contributed by atoms with Gasteiger partial charge >= 0.3 is 0 Å². The fraction of sp³-hybridized carbons (Fsp3) is 0.214. The van der Waals surface area contributed by atoms with Gasteiger partial charge < -0.3 is 29.6 Å². The number of aryl methyl sites for hydroxylation is 1. The van der Waals surface area contributed by atoms with E-state index in [1.807, 2.05) is 54.7 Å². The summed E-state index contributed by atoms with van der Waals surface area (Å²) in [7, 11) is 3.04. The summed E-state index contributed by atoms with van der Waals surface area (Å²) >= 11 is 5.90. The zero-order chi connectivity index (χ0) is 26.6. The van der Waals surface area contributed by atoms with Crippen LogP contribution in [0.25, 0.3) is 5.69 Å². The molecule has 2 N–H and O–H groups in total. The molecule has 1 amide bonds. The number of methoxy groups -OCH3 is 2. The molecule has 0 spiro atoms. The van der Waals surface area contributed by atoms with E-state index in [4.69, 9.17) is 21.7 Å². The van der Waals surface area contributed by atoms with Crippen LogP contribution in [0.2, 0.25) is 0 Å². The molecule has 0 bridgehead atoms. The average Bonchev–Trinajstić information content (AvgIpc) is 3.48. The number of anilines is 2. The van der Waals surface area contributed by atoms with Crippen LogP contribution in [0.15, 0.2) is 79.3 Å². The van der Waals surface area contributed by atoms with Gasteiger partial charge in [0.05, 0.1) is 36.4 Å². The Morgan fingerprint density at radius 3 is 2.66 bits per heavy atom. The second-order valence-electron chi connectivity index (χ2n) is 8.81. The van der Waals surface area contributed by atoms with Crippen LogP contribution in [-0.2, 0) is 9.53 Å². The molecule has 194 valence electrons. The van der Waals surface area contributed by atoms with E-state index in [9.17, 15) is 4.79 Å². The van der Waals surface area contributed by atoms with E-state index >= 15 is 0 Å². The van der Waals surface area contributed by atoms with Gasteiger partial charge in [-0.25, -0.2) is 0 Å². The van der Waals surface area contributed by atoms with Crippen molar-refractivity contribution in [2.45, 2.75) is 19.0 Å². The van der Waals surface area contributed by atoms with Gasteiger partial charge in [0.1, 0.15) is 18.4 Å². The number of amides is 1. The molecule has 10 heteroatoms. The minimum absolute atomic E-state index is 0.0701. The first-order chi connectivity index (χ1) is 18.5. The van der Waals surface area contributed by atoms with Crippen LogP contribution in [0.1, 0.15) is 29.2 Å². The maximum absolute atomic E-state index is 12.3. The number of aromatic nitrogens is 3. The van der Waals surface area contributed by atoms with Crippen LogP contribution in [0, 0.1) is 6.92 Å². The number of hydrogen-bond acceptors (Lipinski definition) is 6. The largest absolute Gasteiger partial charge is 0.495 e. The average molecular weight is 529 g/mol. The highest BCUT2D eigenvalue weighted by Gasteiger charge is 2.42. The number of nitrogens with zero attached hydrogens (tertiary/aromatic N) is 4. The van der Waals surface area contributed by atoms with Crippen LogP contribution in [0.4, 0.5) is 11.4 Å². The minimum Gasteiger partial charge on any atom is -0.495 e. The van der Waals surface area contributed by atoms with Crippen molar-refractivity contribution < 1.29 is 14.3 Å². The number of carbonyl (C=O) groups is 1. The van der Waals surface area contributed by atoms with E-state index in [-0.39, 0.29) is 24.6 Å². The van der Waals surface area contributed by atoms with Crippen LogP contribution >= 0.6 is 12.2 Å². The van der Waals surface area contributed by atoms with E-state index in [0.717, 1.165) is 28.5 Å². The standard InChI is InChI=1S/C28H28N6O3S/c1-18-9-11-23(33(18)20-7-6-13-29-16-20)27-26(21-8-4-5-14-30-21)32-28(38)34(27)19-10-12-24(37-3)22(15-19)31-25(35)17-36-2/h4-16,26-27H,17H2,1-3H3,(H,31,35)(H,32,38)/t26-,27+/m0/s1. The van der Waals surface area contributed by atoms with Crippen molar-refractivity contribution in [1.29, 1.82) is 0 Å². The monoisotopic (exact) mass is 528 g/mol. The summed E-state index contributed by atoms with van der Waals surface area (Å²) in [5.41, 5.74) is 5.20. The van der Waals surface area contributed by atoms with Crippen molar-refractivity contribution in [3.63, 3.8) is 0 Å². The quantitative estimate of drug-likeness (QED) is 0.326. The number of ether oxygens (including phenoxy) is 2. The van der Waals surface area contributed by atoms with Gasteiger partial charge in [0, 0.05) is 36.6 Å². The zero-order valence-electron chi connectivity index (χ0n) is 21.3. The summed E-state index contributed by atoms with van der Waals surface area (Å²) < 4.78 is 12.7. The molecular formula is C28H28N6O3S. The first kappa shape index (κ1) is 25.4. The van der Waals surface area contributed by atoms with Gasteiger partial charge in [-0.2, -0.15) is 0 Å². The Labute approximate surface area is 226 Å². The Kier molecular flexibility index (Phi) is 7.34. The number of nitrogens with one attached hydrogen (secondary N) is 2. The molecule has 0 unspecified atom stereocenters. The van der Waals surface area contributed by atoms with Gasteiger partial charge in [-0.15, -0.1) is 0 Å². The highest BCUT2D eigenvalue weighted by molar-refractivity contribution is 7.80. The number of carbonyl (C=O) groups excluding carboxylic acids is 1. The number of rotatable bonds is 8. The van der Waals surface area contributed by atoms with E-state index < -0.39 is 0 Å².